The molecule has 23 heavy (non-hydrogen) atoms. The Morgan fingerprint density at radius 2 is 1.87 bits per heavy atom. The highest BCUT2D eigenvalue weighted by Crippen LogP contribution is 2.11. The van der Waals surface area contributed by atoms with E-state index in [1.165, 1.54) is 12.5 Å². The minimum atomic E-state index is -2.30. The van der Waals surface area contributed by atoms with Crippen molar-refractivity contribution in [2.75, 3.05) is 19.1 Å². The summed E-state index contributed by atoms with van der Waals surface area (Å²) in [5.41, 5.74) is -0.706. The average Bonchev–Trinajstić information content (AvgIpc) is 2.30. The molecule has 1 N–H and O–H groups in total. The van der Waals surface area contributed by atoms with Gasteiger partial charge in [-0.3, -0.25) is 0 Å². The molecular formula is C15H27NO6S. The van der Waals surface area contributed by atoms with Crippen LogP contribution in [-0.4, -0.2) is 42.8 Å². The molecule has 0 bridgehead atoms. The van der Waals surface area contributed by atoms with E-state index in [4.69, 9.17) is 9.47 Å². The predicted molar refractivity (Wildman–Crippen MR) is 87.0 cm³/mol. The normalized spacial score (nSPS) is 14.1. The summed E-state index contributed by atoms with van der Waals surface area (Å²) in [5.74, 6) is -0.986. The summed E-state index contributed by atoms with van der Waals surface area (Å²) in [6.45, 7) is 6.89. The molecule has 0 saturated heterocycles. The number of allylic oxidation sites excluding steroid dienone is 1. The lowest BCUT2D eigenvalue weighted by Crippen LogP contribution is -2.44. The lowest BCUT2D eigenvalue weighted by Gasteiger charge is -2.23. The maximum Gasteiger partial charge on any atom is 0.408 e. The number of carbonyl (C=O) groups is 2. The van der Waals surface area contributed by atoms with E-state index in [1.54, 1.807) is 27.7 Å². The predicted octanol–water partition coefficient (Wildman–Crippen LogP) is 1.18. The molecule has 1 atom stereocenters. The fraction of sp³-hybridized carbons (Fsp3) is 0.733. The summed E-state index contributed by atoms with van der Waals surface area (Å²) in [6, 6.07) is -0.994. The van der Waals surface area contributed by atoms with Gasteiger partial charge in [0, 0.05) is 0 Å². The fourth-order valence-corrected chi connectivity index (χ4v) is 2.35. The second kappa shape index (κ2) is 8.90. The smallest absolute Gasteiger partial charge is 0.408 e. The van der Waals surface area contributed by atoms with Gasteiger partial charge in [0.15, 0.2) is 0 Å². The van der Waals surface area contributed by atoms with Crippen molar-refractivity contribution in [3.8, 4) is 0 Å². The highest BCUT2D eigenvalue weighted by Gasteiger charge is 2.25. The molecule has 0 spiro atoms. The van der Waals surface area contributed by atoms with Gasteiger partial charge >= 0.3 is 12.1 Å². The van der Waals surface area contributed by atoms with Gasteiger partial charge in [-0.2, -0.15) is 0 Å². The van der Waals surface area contributed by atoms with Crippen molar-refractivity contribution in [3.05, 3.63) is 11.2 Å². The van der Waals surface area contributed by atoms with Gasteiger partial charge in [0.05, 0.1) is 6.61 Å². The van der Waals surface area contributed by atoms with Crippen LogP contribution in [0, 0.1) is 0 Å². The van der Waals surface area contributed by atoms with Crippen molar-refractivity contribution in [2.45, 2.75) is 52.2 Å². The minimum Gasteiger partial charge on any atom is -0.873 e. The van der Waals surface area contributed by atoms with E-state index in [9.17, 15) is 18.9 Å². The summed E-state index contributed by atoms with van der Waals surface area (Å²) in [7, 11) is -2.30. The molecule has 0 radical (unpaired) electrons. The first-order valence-corrected chi connectivity index (χ1v) is 9.75. The topological polar surface area (TPSA) is 105 Å². The second-order valence-electron chi connectivity index (χ2n) is 6.38. The Bertz CT molecular complexity index is 489. The minimum absolute atomic E-state index is 0.0298. The van der Waals surface area contributed by atoms with Crippen LogP contribution in [0.2, 0.25) is 0 Å². The summed E-state index contributed by atoms with van der Waals surface area (Å²) in [4.78, 5) is 23.6. The van der Waals surface area contributed by atoms with Crippen molar-refractivity contribution >= 4 is 22.0 Å². The molecule has 0 fully saturated rings. The number of esters is 1. The summed E-state index contributed by atoms with van der Waals surface area (Å²) < 4.78 is 21.5. The van der Waals surface area contributed by atoms with Crippen LogP contribution < -0.4 is 10.4 Å². The Balaban J connectivity index is 4.83. The molecule has 0 aromatic carbocycles. The van der Waals surface area contributed by atoms with Gasteiger partial charge in [-0.25, -0.2) is 9.59 Å². The third-order valence-corrected chi connectivity index (χ3v) is 3.19. The van der Waals surface area contributed by atoms with Crippen LogP contribution in [0.1, 0.15) is 40.5 Å². The molecule has 0 aromatic rings. The van der Waals surface area contributed by atoms with E-state index in [-0.39, 0.29) is 25.2 Å². The summed E-state index contributed by atoms with van der Waals surface area (Å²) >= 11 is 0. The van der Waals surface area contributed by atoms with Gasteiger partial charge in [0.25, 0.3) is 0 Å². The highest BCUT2D eigenvalue weighted by atomic mass is 32.2. The number of nitrogens with one attached hydrogen (secondary N) is 1. The molecule has 0 aliphatic heterocycles. The second-order valence-corrected chi connectivity index (χ2v) is 9.24. The van der Waals surface area contributed by atoms with Crippen LogP contribution in [0.3, 0.4) is 0 Å². The molecular weight excluding hydrogens is 322 g/mol. The first-order chi connectivity index (χ1) is 10.3. The zero-order valence-electron chi connectivity index (χ0n) is 14.6. The molecule has 7 nitrogen and oxygen atoms in total. The SMILES string of the molecule is CCOC(=O)[C@H](CC/C([O-])=C\[S+](C)(C)=O)NC(=O)OC(C)(C)C. The van der Waals surface area contributed by atoms with Crippen molar-refractivity contribution in [2.24, 2.45) is 0 Å². The number of hydrogen-bond donors (Lipinski definition) is 1. The Hall–Kier alpha value is -1.57. The van der Waals surface area contributed by atoms with Crippen molar-refractivity contribution < 1.29 is 28.4 Å². The van der Waals surface area contributed by atoms with Crippen LogP contribution in [0.25, 0.3) is 0 Å². The van der Waals surface area contributed by atoms with Gasteiger partial charge in [0.2, 0.25) is 0 Å². The fourth-order valence-electron chi connectivity index (χ4n) is 1.60. The number of alkyl carbamates (subject to hydrolysis) is 1. The number of amides is 1. The van der Waals surface area contributed by atoms with Crippen molar-refractivity contribution in [3.63, 3.8) is 0 Å². The van der Waals surface area contributed by atoms with Crippen LogP contribution in [0.5, 0.6) is 0 Å². The zero-order chi connectivity index (χ0) is 18.3. The number of ether oxygens (including phenoxy) is 2. The van der Waals surface area contributed by atoms with Crippen molar-refractivity contribution in [1.82, 2.24) is 5.32 Å². The quantitative estimate of drug-likeness (QED) is 0.420. The number of rotatable bonds is 7. The van der Waals surface area contributed by atoms with E-state index in [2.05, 4.69) is 5.32 Å². The molecule has 0 saturated carbocycles. The monoisotopic (exact) mass is 349 g/mol. The number of carbonyl (C=O) groups excluding carboxylic acids is 2. The first kappa shape index (κ1) is 21.4. The summed E-state index contributed by atoms with van der Waals surface area (Å²) in [5, 5.41) is 15.3. The van der Waals surface area contributed by atoms with Gasteiger partial charge < -0.3 is 19.9 Å². The molecule has 1 amide bonds. The summed E-state index contributed by atoms with van der Waals surface area (Å²) in [6.07, 6.45) is 2.15. The van der Waals surface area contributed by atoms with Crippen LogP contribution >= 0.6 is 0 Å². The molecule has 0 aliphatic rings. The molecule has 0 aromatic heterocycles. The lowest BCUT2D eigenvalue weighted by atomic mass is 10.1. The Morgan fingerprint density at radius 3 is 2.30 bits per heavy atom. The number of hydrogen-bond acceptors (Lipinski definition) is 6. The van der Waals surface area contributed by atoms with E-state index in [1.807, 2.05) is 0 Å². The van der Waals surface area contributed by atoms with E-state index in [0.717, 1.165) is 5.41 Å². The van der Waals surface area contributed by atoms with Crippen LogP contribution in [0.4, 0.5) is 4.79 Å². The largest absolute Gasteiger partial charge is 0.873 e. The molecule has 0 aliphatic carbocycles. The maximum atomic E-state index is 11.9. The van der Waals surface area contributed by atoms with Crippen LogP contribution in [-0.2, 0) is 28.4 Å². The van der Waals surface area contributed by atoms with E-state index in [0.29, 0.717) is 0 Å². The van der Waals surface area contributed by atoms with Gasteiger partial charge in [0.1, 0.15) is 39.5 Å². The average molecular weight is 349 g/mol. The van der Waals surface area contributed by atoms with E-state index < -0.39 is 33.6 Å². The Morgan fingerprint density at radius 1 is 1.30 bits per heavy atom. The van der Waals surface area contributed by atoms with Gasteiger partial charge in [-0.15, -0.1) is 4.21 Å². The van der Waals surface area contributed by atoms with E-state index >= 15 is 0 Å². The lowest BCUT2D eigenvalue weighted by molar-refractivity contribution is -0.306. The highest BCUT2D eigenvalue weighted by molar-refractivity contribution is 8.04. The molecule has 0 rings (SSSR count). The molecule has 0 unspecified atom stereocenters. The van der Waals surface area contributed by atoms with Gasteiger partial charge in [-0.05, 0) is 40.5 Å². The molecule has 134 valence electrons. The maximum absolute atomic E-state index is 11.9. The molecule has 8 heteroatoms. The third-order valence-electron chi connectivity index (χ3n) is 2.36. The van der Waals surface area contributed by atoms with Gasteiger partial charge in [-0.1, -0.05) is 5.76 Å². The van der Waals surface area contributed by atoms with Crippen LogP contribution in [0.15, 0.2) is 11.2 Å². The first-order valence-electron chi connectivity index (χ1n) is 7.32. The van der Waals surface area contributed by atoms with Crippen molar-refractivity contribution in [1.29, 1.82) is 0 Å². The third kappa shape index (κ3) is 11.6. The standard InChI is InChI=1S/C15H27NO6S/c1-7-21-13(18)12(16-14(19)22-15(2,3)4)9-8-11(17)10-23(5,6)20/h10,12H,7-9H2,1-6H3,(H-,16,17,19,20)/t12-/m0/s1. The molecule has 0 heterocycles. The Labute approximate surface area is 138 Å². The Kier molecular flexibility index (Phi) is 8.30. The zero-order valence-corrected chi connectivity index (χ0v) is 15.5.